The van der Waals surface area contributed by atoms with Gasteiger partial charge in [-0.25, -0.2) is 0 Å². The van der Waals surface area contributed by atoms with Crippen molar-refractivity contribution in [3.8, 4) is 44.7 Å². The number of hydrogen-bond acceptors (Lipinski definition) is 2. The lowest BCUT2D eigenvalue weighted by molar-refractivity contribution is 0.612. The van der Waals surface area contributed by atoms with Gasteiger partial charge in [-0.2, -0.15) is 0 Å². The van der Waals surface area contributed by atoms with Crippen molar-refractivity contribution >= 4 is 54.5 Å². The van der Waals surface area contributed by atoms with E-state index in [4.69, 9.17) is 17.1 Å². The molecule has 0 fully saturated rings. The highest BCUT2D eigenvalue weighted by Crippen LogP contribution is 2.47. The van der Waals surface area contributed by atoms with Crippen LogP contribution in [0.3, 0.4) is 0 Å². The summed E-state index contributed by atoms with van der Waals surface area (Å²) in [6, 6.07) is 35.3. The number of fused-ring (bicyclic) bond motifs is 7. The minimum Gasteiger partial charge on any atom is -0.452 e. The lowest BCUT2D eigenvalue weighted by atomic mass is 9.86. The Kier molecular flexibility index (Phi) is 4.41. The van der Waals surface area contributed by atoms with Gasteiger partial charge in [0.1, 0.15) is 11.3 Å². The standard InChI is InChI=1S/C46H28O2/c1-3-13-29(14-4-1)41-34-18-7-9-20-36(34)42(37-21-10-8-19-35(37)41)31-23-25-32(26-24-31)44-43(30-15-5-2-6-16-30)39-28-27-38-33-17-11-12-22-40(33)47-45(38)46(39)48-44/h1-28H/i7D,8D,9D,10D,18D,19D,20D,21D. The minimum absolute atomic E-state index is 0.168. The Bertz CT molecular complexity index is 3180. The van der Waals surface area contributed by atoms with Crippen molar-refractivity contribution in [1.82, 2.24) is 0 Å². The van der Waals surface area contributed by atoms with E-state index < -0.39 is 24.2 Å². The summed E-state index contributed by atoms with van der Waals surface area (Å²) < 4.78 is 84.7. The van der Waals surface area contributed by atoms with Crippen molar-refractivity contribution in [1.29, 1.82) is 0 Å². The monoisotopic (exact) mass is 620 g/mol. The van der Waals surface area contributed by atoms with E-state index >= 15 is 0 Å². The highest BCUT2D eigenvalue weighted by atomic mass is 16.4. The van der Waals surface area contributed by atoms with Gasteiger partial charge in [0, 0.05) is 27.3 Å². The molecule has 2 nitrogen and oxygen atoms in total. The molecule has 0 N–H and O–H groups in total. The lowest BCUT2D eigenvalue weighted by Crippen LogP contribution is -1.90. The second-order valence-corrected chi connectivity index (χ2v) is 11.8. The van der Waals surface area contributed by atoms with Crippen LogP contribution in [-0.2, 0) is 0 Å². The quantitative estimate of drug-likeness (QED) is 0.183. The first kappa shape index (κ1) is 20.0. The van der Waals surface area contributed by atoms with Crippen LogP contribution >= 0.6 is 0 Å². The van der Waals surface area contributed by atoms with Gasteiger partial charge in [-0.3, -0.25) is 0 Å². The second kappa shape index (κ2) is 10.6. The molecule has 48 heavy (non-hydrogen) atoms. The average molecular weight is 621 g/mol. The van der Waals surface area contributed by atoms with Gasteiger partial charge in [0.15, 0.2) is 11.2 Å². The molecule has 10 aromatic rings. The number of hydrogen-bond donors (Lipinski definition) is 0. The third-order valence-electron chi connectivity index (χ3n) is 9.14. The van der Waals surface area contributed by atoms with E-state index in [1.807, 2.05) is 84.9 Å². The molecule has 0 aliphatic carbocycles. The third kappa shape index (κ3) is 4.00. The molecule has 0 bridgehead atoms. The van der Waals surface area contributed by atoms with Gasteiger partial charge in [-0.15, -0.1) is 0 Å². The molecule has 0 aliphatic heterocycles. The SMILES string of the molecule is [2H]c1c([2H])c([2H])c2c(-c3ccc(-c4oc5c(ccc6c7ccccc7oc65)c4-c4ccccc4)cc3)c3c([2H])c([2H])c([2H])c([2H])c3c(-c3ccccc3)c2c1[2H]. The number of furan rings is 2. The second-order valence-electron chi connectivity index (χ2n) is 11.8. The summed E-state index contributed by atoms with van der Waals surface area (Å²) in [4.78, 5) is 0. The van der Waals surface area contributed by atoms with Crippen LogP contribution < -0.4 is 0 Å². The van der Waals surface area contributed by atoms with Crippen LogP contribution in [0.2, 0.25) is 0 Å². The van der Waals surface area contributed by atoms with Gasteiger partial charge in [0.25, 0.3) is 0 Å². The van der Waals surface area contributed by atoms with E-state index in [0.717, 1.165) is 38.4 Å². The number of rotatable bonds is 4. The van der Waals surface area contributed by atoms with Crippen molar-refractivity contribution in [2.24, 2.45) is 0 Å². The highest BCUT2D eigenvalue weighted by Gasteiger charge is 2.23. The fourth-order valence-corrected chi connectivity index (χ4v) is 7.03. The van der Waals surface area contributed by atoms with Crippen LogP contribution in [0.15, 0.2) is 179 Å². The maximum atomic E-state index is 9.23. The van der Waals surface area contributed by atoms with Gasteiger partial charge >= 0.3 is 0 Å². The predicted octanol–water partition coefficient (Wildman–Crippen LogP) is 13.3. The Morgan fingerprint density at radius 3 is 1.40 bits per heavy atom. The molecule has 224 valence electrons. The molecule has 0 saturated heterocycles. The first-order valence-electron chi connectivity index (χ1n) is 19.7. The van der Waals surface area contributed by atoms with Crippen LogP contribution in [0.4, 0.5) is 0 Å². The molecular formula is C46H28O2. The summed E-state index contributed by atoms with van der Waals surface area (Å²) in [6.07, 6.45) is 0. The number of benzene rings is 8. The van der Waals surface area contributed by atoms with E-state index in [2.05, 4.69) is 12.1 Å². The van der Waals surface area contributed by atoms with Crippen LogP contribution in [-0.4, -0.2) is 0 Å². The third-order valence-corrected chi connectivity index (χ3v) is 9.14. The van der Waals surface area contributed by atoms with Crippen LogP contribution in [0.1, 0.15) is 11.0 Å². The van der Waals surface area contributed by atoms with Crippen LogP contribution in [0.5, 0.6) is 0 Å². The van der Waals surface area contributed by atoms with Gasteiger partial charge in [0.05, 0.1) is 11.0 Å². The van der Waals surface area contributed by atoms with Crippen molar-refractivity contribution in [3.63, 3.8) is 0 Å². The van der Waals surface area contributed by atoms with Crippen LogP contribution in [0.25, 0.3) is 99.2 Å². The zero-order chi connectivity index (χ0) is 38.6. The van der Waals surface area contributed by atoms with E-state index in [-0.39, 0.29) is 51.3 Å². The maximum absolute atomic E-state index is 9.23. The molecular weight excluding hydrogens is 585 g/mol. The average Bonchev–Trinajstić information content (AvgIpc) is 3.82. The maximum Gasteiger partial charge on any atom is 0.178 e. The van der Waals surface area contributed by atoms with Crippen molar-refractivity contribution in [2.75, 3.05) is 0 Å². The fraction of sp³-hybridized carbons (Fsp3) is 0. The smallest absolute Gasteiger partial charge is 0.178 e. The van der Waals surface area contributed by atoms with E-state index in [1.165, 1.54) is 0 Å². The van der Waals surface area contributed by atoms with Gasteiger partial charge in [-0.1, -0.05) is 151 Å². The Labute approximate surface area is 288 Å². The van der Waals surface area contributed by atoms with Crippen molar-refractivity contribution in [2.45, 2.75) is 0 Å². The van der Waals surface area contributed by atoms with Gasteiger partial charge in [-0.05, 0) is 67.6 Å². The molecule has 8 aromatic carbocycles. The van der Waals surface area contributed by atoms with E-state index in [1.54, 1.807) is 24.3 Å². The summed E-state index contributed by atoms with van der Waals surface area (Å²) in [5, 5.41) is 3.50. The Hall–Kier alpha value is -6.38. The summed E-state index contributed by atoms with van der Waals surface area (Å²) in [6.45, 7) is 0. The van der Waals surface area contributed by atoms with Crippen LogP contribution in [0, 0.1) is 0 Å². The zero-order valence-electron chi connectivity index (χ0n) is 33.4. The Balaban J connectivity index is 1.29. The molecule has 0 atom stereocenters. The molecule has 10 rings (SSSR count). The van der Waals surface area contributed by atoms with E-state index in [9.17, 15) is 2.74 Å². The summed E-state index contributed by atoms with van der Waals surface area (Å²) in [7, 11) is 0. The molecule has 2 heterocycles. The molecule has 2 heteroatoms. The molecule has 0 unspecified atom stereocenters. The molecule has 0 radical (unpaired) electrons. The first-order valence-corrected chi connectivity index (χ1v) is 15.7. The minimum atomic E-state index is -0.439. The number of para-hydroxylation sites is 1. The lowest BCUT2D eigenvalue weighted by Gasteiger charge is -2.17. The molecule has 0 saturated carbocycles. The molecule has 0 aliphatic rings. The summed E-state index contributed by atoms with van der Waals surface area (Å²) in [5.41, 5.74) is 6.24. The van der Waals surface area contributed by atoms with Gasteiger partial charge < -0.3 is 8.83 Å². The van der Waals surface area contributed by atoms with Crippen molar-refractivity contribution in [3.05, 3.63) is 170 Å². The van der Waals surface area contributed by atoms with Crippen molar-refractivity contribution < 1.29 is 19.8 Å². The predicted molar refractivity (Wildman–Crippen MR) is 200 cm³/mol. The topological polar surface area (TPSA) is 26.3 Å². The molecule has 0 spiro atoms. The Morgan fingerprint density at radius 1 is 0.333 bits per heavy atom. The Morgan fingerprint density at radius 2 is 0.792 bits per heavy atom. The molecule has 2 aromatic heterocycles. The largest absolute Gasteiger partial charge is 0.452 e. The molecule has 0 amide bonds. The first-order chi connectivity index (χ1) is 27.2. The summed E-state index contributed by atoms with van der Waals surface area (Å²) in [5.74, 6) is 0.601. The fourth-order valence-electron chi connectivity index (χ4n) is 7.03. The zero-order valence-corrected chi connectivity index (χ0v) is 25.4. The van der Waals surface area contributed by atoms with E-state index in [0.29, 0.717) is 33.6 Å². The summed E-state index contributed by atoms with van der Waals surface area (Å²) >= 11 is 0. The van der Waals surface area contributed by atoms with Gasteiger partial charge in [0.2, 0.25) is 0 Å². The normalized spacial score (nSPS) is 14.1. The highest BCUT2D eigenvalue weighted by molar-refractivity contribution is 6.21.